The highest BCUT2D eigenvalue weighted by Crippen LogP contribution is 2.28. The van der Waals surface area contributed by atoms with Gasteiger partial charge in [-0.15, -0.1) is 0 Å². The normalized spacial score (nSPS) is 11.0. The van der Waals surface area contributed by atoms with Crippen molar-refractivity contribution in [3.8, 4) is 11.8 Å². The van der Waals surface area contributed by atoms with E-state index in [2.05, 4.69) is 11.4 Å². The highest BCUT2D eigenvalue weighted by molar-refractivity contribution is 6.32. The molecular formula is C17H17ClN2O. The first kappa shape index (κ1) is 15.2. The topological polar surface area (TPSA) is 56.0 Å². The summed E-state index contributed by atoms with van der Waals surface area (Å²) < 4.78 is 0. The zero-order chi connectivity index (χ0) is 15.5. The molecule has 0 aliphatic carbocycles. The first-order chi connectivity index (χ1) is 9.94. The van der Waals surface area contributed by atoms with Gasteiger partial charge in [0.1, 0.15) is 5.75 Å². The van der Waals surface area contributed by atoms with Gasteiger partial charge in [0.05, 0.1) is 16.5 Å². The Balaban J connectivity index is 2.08. The van der Waals surface area contributed by atoms with Gasteiger partial charge in [0.15, 0.2) is 0 Å². The summed E-state index contributed by atoms with van der Waals surface area (Å²) in [4.78, 5) is 0. The fraction of sp³-hybridized carbons (Fsp3) is 0.235. The molecule has 2 N–H and O–H groups in total. The van der Waals surface area contributed by atoms with Gasteiger partial charge < -0.3 is 10.4 Å². The number of phenols is 1. The molecule has 0 bridgehead atoms. The number of anilines is 1. The number of nitriles is 1. The van der Waals surface area contributed by atoms with Crippen molar-refractivity contribution < 1.29 is 5.11 Å². The van der Waals surface area contributed by atoms with E-state index in [1.807, 2.05) is 44.2 Å². The Hall–Kier alpha value is -2.18. The Morgan fingerprint density at radius 3 is 2.48 bits per heavy atom. The second kappa shape index (κ2) is 6.07. The lowest BCUT2D eigenvalue weighted by Crippen LogP contribution is -2.13. The molecule has 0 saturated heterocycles. The fourth-order valence-electron chi connectivity index (χ4n) is 1.97. The molecule has 0 aliphatic heterocycles. The summed E-state index contributed by atoms with van der Waals surface area (Å²) in [5.74, 6) is 0.105. The number of halogens is 1. The Bertz CT molecular complexity index is 672. The van der Waals surface area contributed by atoms with Crippen molar-refractivity contribution in [2.75, 3.05) is 5.32 Å². The maximum absolute atomic E-state index is 9.85. The van der Waals surface area contributed by atoms with Crippen molar-refractivity contribution in [1.82, 2.24) is 0 Å². The van der Waals surface area contributed by atoms with E-state index in [9.17, 15) is 5.11 Å². The highest BCUT2D eigenvalue weighted by atomic mass is 35.5. The number of hydrogen-bond acceptors (Lipinski definition) is 3. The Morgan fingerprint density at radius 1 is 1.19 bits per heavy atom. The predicted molar refractivity (Wildman–Crippen MR) is 85.5 cm³/mol. The van der Waals surface area contributed by atoms with Crippen LogP contribution >= 0.6 is 11.6 Å². The minimum Gasteiger partial charge on any atom is -0.506 e. The Labute approximate surface area is 129 Å². The van der Waals surface area contributed by atoms with Crippen molar-refractivity contribution in [2.24, 2.45) is 0 Å². The molecule has 21 heavy (non-hydrogen) atoms. The highest BCUT2D eigenvalue weighted by Gasteiger charge is 2.19. The lowest BCUT2D eigenvalue weighted by atomic mass is 9.86. The zero-order valence-electron chi connectivity index (χ0n) is 12.0. The predicted octanol–water partition coefficient (Wildman–Crippen LogP) is 4.46. The maximum atomic E-state index is 9.85. The second-order valence-corrected chi connectivity index (χ2v) is 5.82. The lowest BCUT2D eigenvalue weighted by molar-refractivity contribution is 0.469. The number of nitrogens with zero attached hydrogens (tertiary/aromatic N) is 1. The third-order valence-corrected chi connectivity index (χ3v) is 3.74. The van der Waals surface area contributed by atoms with Crippen LogP contribution in [0.15, 0.2) is 42.5 Å². The molecule has 0 heterocycles. The SMILES string of the molecule is CC(C)(C#N)c1ccc(NCc2cccc(Cl)c2O)cc1. The largest absolute Gasteiger partial charge is 0.506 e. The number of rotatable bonds is 4. The molecular weight excluding hydrogens is 284 g/mol. The molecule has 0 saturated carbocycles. The van der Waals surface area contributed by atoms with Crippen LogP contribution in [0, 0.1) is 11.3 Å². The van der Waals surface area contributed by atoms with E-state index >= 15 is 0 Å². The lowest BCUT2D eigenvalue weighted by Gasteiger charge is -2.16. The molecule has 2 rings (SSSR count). The van der Waals surface area contributed by atoms with E-state index in [-0.39, 0.29) is 5.75 Å². The van der Waals surface area contributed by atoms with Crippen LogP contribution in [0.1, 0.15) is 25.0 Å². The van der Waals surface area contributed by atoms with Gasteiger partial charge in [0.25, 0.3) is 0 Å². The summed E-state index contributed by atoms with van der Waals surface area (Å²) >= 11 is 5.87. The average Bonchev–Trinajstić information content (AvgIpc) is 2.49. The van der Waals surface area contributed by atoms with Crippen LogP contribution in [-0.4, -0.2) is 5.11 Å². The number of phenolic OH excluding ortho intramolecular Hbond substituents is 1. The fourth-order valence-corrected chi connectivity index (χ4v) is 2.16. The Kier molecular flexibility index (Phi) is 4.40. The number of para-hydroxylation sites is 1. The van der Waals surface area contributed by atoms with Crippen molar-refractivity contribution in [1.29, 1.82) is 5.26 Å². The molecule has 0 radical (unpaired) electrons. The molecule has 108 valence electrons. The molecule has 0 aliphatic rings. The van der Waals surface area contributed by atoms with Crippen molar-refractivity contribution >= 4 is 17.3 Å². The third-order valence-electron chi connectivity index (χ3n) is 3.44. The first-order valence-corrected chi connectivity index (χ1v) is 7.04. The van der Waals surface area contributed by atoms with Crippen molar-refractivity contribution in [2.45, 2.75) is 25.8 Å². The van der Waals surface area contributed by atoms with Crippen LogP contribution in [0.2, 0.25) is 5.02 Å². The van der Waals surface area contributed by atoms with E-state index in [0.29, 0.717) is 11.6 Å². The standard InChI is InChI=1S/C17H17ClN2O/c1-17(2,11-19)13-6-8-14(9-7-13)20-10-12-4-3-5-15(18)16(12)21/h3-9,20-21H,10H2,1-2H3. The quantitative estimate of drug-likeness (QED) is 0.876. The van der Waals surface area contributed by atoms with Crippen LogP contribution in [0.4, 0.5) is 5.69 Å². The van der Waals surface area contributed by atoms with Crippen LogP contribution in [0.3, 0.4) is 0 Å². The van der Waals surface area contributed by atoms with E-state index in [1.165, 1.54) is 0 Å². The molecule has 0 atom stereocenters. The number of hydrogen-bond donors (Lipinski definition) is 2. The van der Waals surface area contributed by atoms with E-state index in [4.69, 9.17) is 16.9 Å². The van der Waals surface area contributed by atoms with Crippen LogP contribution in [0.25, 0.3) is 0 Å². The van der Waals surface area contributed by atoms with Gasteiger partial charge in [0.2, 0.25) is 0 Å². The second-order valence-electron chi connectivity index (χ2n) is 5.42. The van der Waals surface area contributed by atoms with Crippen LogP contribution < -0.4 is 5.32 Å². The van der Waals surface area contributed by atoms with Crippen molar-refractivity contribution in [3.63, 3.8) is 0 Å². The first-order valence-electron chi connectivity index (χ1n) is 6.66. The van der Waals surface area contributed by atoms with Gasteiger partial charge in [-0.1, -0.05) is 35.9 Å². The molecule has 2 aromatic rings. The number of benzene rings is 2. The van der Waals surface area contributed by atoms with E-state index < -0.39 is 5.41 Å². The summed E-state index contributed by atoms with van der Waals surface area (Å²) in [5.41, 5.74) is 2.14. The summed E-state index contributed by atoms with van der Waals surface area (Å²) in [6.45, 7) is 4.26. The summed E-state index contributed by atoms with van der Waals surface area (Å²) in [6, 6.07) is 15.3. The molecule has 0 spiro atoms. The number of nitrogens with one attached hydrogen (secondary N) is 1. The van der Waals surface area contributed by atoms with Crippen LogP contribution in [-0.2, 0) is 12.0 Å². The van der Waals surface area contributed by atoms with E-state index in [0.717, 1.165) is 16.8 Å². The molecule has 2 aromatic carbocycles. The summed E-state index contributed by atoms with van der Waals surface area (Å²) in [7, 11) is 0. The smallest absolute Gasteiger partial charge is 0.139 e. The van der Waals surface area contributed by atoms with Crippen molar-refractivity contribution in [3.05, 3.63) is 58.6 Å². The zero-order valence-corrected chi connectivity index (χ0v) is 12.8. The summed E-state index contributed by atoms with van der Waals surface area (Å²) in [6.07, 6.45) is 0. The molecule has 0 aromatic heterocycles. The monoisotopic (exact) mass is 300 g/mol. The average molecular weight is 301 g/mol. The summed E-state index contributed by atoms with van der Waals surface area (Å²) in [5, 5.41) is 22.5. The maximum Gasteiger partial charge on any atom is 0.139 e. The van der Waals surface area contributed by atoms with Gasteiger partial charge in [0, 0.05) is 17.8 Å². The molecule has 0 amide bonds. The molecule has 0 unspecified atom stereocenters. The minimum atomic E-state index is -0.496. The third kappa shape index (κ3) is 3.48. The van der Waals surface area contributed by atoms with Crippen LogP contribution in [0.5, 0.6) is 5.75 Å². The van der Waals surface area contributed by atoms with Gasteiger partial charge in [-0.25, -0.2) is 0 Å². The van der Waals surface area contributed by atoms with Gasteiger partial charge in [-0.3, -0.25) is 0 Å². The number of aromatic hydroxyl groups is 1. The minimum absolute atomic E-state index is 0.105. The van der Waals surface area contributed by atoms with E-state index in [1.54, 1.807) is 12.1 Å². The molecule has 4 heteroatoms. The van der Waals surface area contributed by atoms with Gasteiger partial charge in [-0.2, -0.15) is 5.26 Å². The molecule has 3 nitrogen and oxygen atoms in total. The van der Waals surface area contributed by atoms with Gasteiger partial charge >= 0.3 is 0 Å². The molecule has 0 fully saturated rings. The van der Waals surface area contributed by atoms with Gasteiger partial charge in [-0.05, 0) is 37.6 Å². The Morgan fingerprint density at radius 2 is 1.86 bits per heavy atom.